The molecule has 39 heavy (non-hydrogen) atoms. The van der Waals surface area contributed by atoms with Crippen molar-refractivity contribution < 1.29 is 19.6 Å². The maximum Gasteiger partial charge on any atom is 0.301 e. The van der Waals surface area contributed by atoms with Crippen LogP contribution >= 0.6 is 46.3 Å². The fraction of sp³-hybridized carbons (Fsp3) is 0.0769. The van der Waals surface area contributed by atoms with Gasteiger partial charge < -0.3 is 5.11 Å². The van der Waals surface area contributed by atoms with E-state index >= 15 is 0 Å². The summed E-state index contributed by atoms with van der Waals surface area (Å²) in [5.74, 6) is -1.65. The predicted octanol–water partition coefficient (Wildman–Crippen LogP) is 6.67. The normalized spacial score (nSPS) is 16.6. The summed E-state index contributed by atoms with van der Waals surface area (Å²) in [5.41, 5.74) is 1.32. The van der Waals surface area contributed by atoms with Gasteiger partial charge in [-0.1, -0.05) is 58.4 Å². The van der Waals surface area contributed by atoms with Gasteiger partial charge in [0.05, 0.1) is 16.5 Å². The van der Waals surface area contributed by atoms with Gasteiger partial charge in [0, 0.05) is 33.5 Å². The van der Waals surface area contributed by atoms with Gasteiger partial charge in [-0.2, -0.15) is 0 Å². The molecule has 4 aromatic rings. The molecule has 2 heterocycles. The number of nitrogens with zero attached hydrogens (tertiary/aromatic N) is 4. The highest BCUT2D eigenvalue weighted by Crippen LogP contribution is 2.44. The number of rotatable bonds is 7. The average Bonchev–Trinajstić information content (AvgIpc) is 3.50. The van der Waals surface area contributed by atoms with Gasteiger partial charge in [-0.15, -0.1) is 10.2 Å². The van der Waals surface area contributed by atoms with E-state index < -0.39 is 28.4 Å². The van der Waals surface area contributed by atoms with E-state index in [0.717, 1.165) is 21.8 Å². The molecule has 0 spiro atoms. The lowest BCUT2D eigenvalue weighted by atomic mass is 9.95. The smallest absolute Gasteiger partial charge is 0.301 e. The van der Waals surface area contributed by atoms with Gasteiger partial charge in [-0.05, 0) is 59.7 Å². The summed E-state index contributed by atoms with van der Waals surface area (Å²) in [7, 11) is 0. The number of benzene rings is 3. The molecular weight excluding hydrogens is 583 g/mol. The zero-order chi connectivity index (χ0) is 27.7. The summed E-state index contributed by atoms with van der Waals surface area (Å²) in [4.78, 5) is 38.4. The minimum atomic E-state index is -1.09. The molecule has 1 aromatic heterocycles. The van der Waals surface area contributed by atoms with Crippen LogP contribution in [0.4, 0.5) is 10.8 Å². The quantitative estimate of drug-likeness (QED) is 0.0475. The Kier molecular flexibility index (Phi) is 7.67. The maximum absolute atomic E-state index is 13.3. The minimum Gasteiger partial charge on any atom is -0.507 e. The summed E-state index contributed by atoms with van der Waals surface area (Å²) < 4.78 is 0.557. The lowest BCUT2D eigenvalue weighted by Crippen LogP contribution is -2.29. The van der Waals surface area contributed by atoms with Crippen molar-refractivity contribution in [1.82, 2.24) is 10.2 Å². The lowest BCUT2D eigenvalue weighted by Gasteiger charge is -2.22. The fourth-order valence-corrected chi connectivity index (χ4v) is 6.05. The van der Waals surface area contributed by atoms with Crippen molar-refractivity contribution >= 4 is 74.6 Å². The van der Waals surface area contributed by atoms with Gasteiger partial charge in [0.15, 0.2) is 4.34 Å². The molecule has 0 saturated carbocycles. The van der Waals surface area contributed by atoms with Crippen LogP contribution in [-0.4, -0.2) is 31.9 Å². The van der Waals surface area contributed by atoms with Crippen LogP contribution in [-0.2, 0) is 15.3 Å². The van der Waals surface area contributed by atoms with Crippen molar-refractivity contribution in [2.75, 3.05) is 4.90 Å². The molecule has 1 unspecified atom stereocenters. The maximum atomic E-state index is 13.3. The Labute approximate surface area is 239 Å². The van der Waals surface area contributed by atoms with E-state index in [1.807, 2.05) is 12.1 Å². The zero-order valence-electron chi connectivity index (χ0n) is 19.7. The van der Waals surface area contributed by atoms with E-state index in [4.69, 9.17) is 23.2 Å². The SMILES string of the molecule is O=C1C(=O)N(c2nnc(SCc3ccc(Cl)cc3)s2)C(c2ccc([N+](=O)[O-])cc2)/C1=C(/O)c1ccc(Cl)cc1. The molecule has 9 nitrogen and oxygen atoms in total. The minimum absolute atomic E-state index is 0.147. The Hall–Kier alpha value is -3.77. The number of carbonyl (C=O) groups excluding carboxylic acids is 2. The highest BCUT2D eigenvalue weighted by molar-refractivity contribution is 8.00. The highest BCUT2D eigenvalue weighted by Gasteiger charge is 2.48. The second kappa shape index (κ2) is 11.1. The Morgan fingerprint density at radius 3 is 2.21 bits per heavy atom. The van der Waals surface area contributed by atoms with Gasteiger partial charge in [0.2, 0.25) is 5.13 Å². The third-order valence-corrected chi connectivity index (χ3v) is 8.49. The number of hydrogen-bond donors (Lipinski definition) is 1. The molecule has 3 aromatic carbocycles. The van der Waals surface area contributed by atoms with Gasteiger partial charge >= 0.3 is 5.91 Å². The molecular formula is C26H16Cl2N4O5S2. The molecule has 1 atom stereocenters. The van der Waals surface area contributed by atoms with E-state index in [1.54, 1.807) is 24.3 Å². The third-order valence-electron chi connectivity index (χ3n) is 5.86. The summed E-state index contributed by atoms with van der Waals surface area (Å²) >= 11 is 14.4. The van der Waals surface area contributed by atoms with Crippen LogP contribution in [0.2, 0.25) is 10.0 Å². The summed E-state index contributed by atoms with van der Waals surface area (Å²) in [6, 6.07) is 17.8. The number of aliphatic hydroxyl groups is 1. The van der Waals surface area contributed by atoms with E-state index in [1.165, 1.54) is 48.2 Å². The molecule has 1 amide bonds. The Balaban J connectivity index is 1.54. The number of anilines is 1. The van der Waals surface area contributed by atoms with E-state index in [0.29, 0.717) is 25.7 Å². The first-order valence-corrected chi connectivity index (χ1v) is 13.8. The summed E-state index contributed by atoms with van der Waals surface area (Å²) in [6.07, 6.45) is 0. The summed E-state index contributed by atoms with van der Waals surface area (Å²) in [5, 5.41) is 31.9. The molecule has 1 N–H and O–H groups in total. The van der Waals surface area contributed by atoms with Crippen molar-refractivity contribution in [3.63, 3.8) is 0 Å². The van der Waals surface area contributed by atoms with Crippen LogP contribution < -0.4 is 4.90 Å². The first kappa shape index (κ1) is 26.8. The lowest BCUT2D eigenvalue weighted by molar-refractivity contribution is -0.384. The predicted molar refractivity (Wildman–Crippen MR) is 150 cm³/mol. The monoisotopic (exact) mass is 598 g/mol. The van der Waals surface area contributed by atoms with Gasteiger partial charge in [-0.25, -0.2) is 0 Å². The number of Topliss-reactive ketones (excluding diaryl/α,β-unsaturated/α-hetero) is 1. The number of carbonyl (C=O) groups is 2. The number of thioether (sulfide) groups is 1. The second-order valence-electron chi connectivity index (χ2n) is 8.29. The van der Waals surface area contributed by atoms with E-state index in [2.05, 4.69) is 10.2 Å². The van der Waals surface area contributed by atoms with Crippen LogP contribution in [0.1, 0.15) is 22.7 Å². The van der Waals surface area contributed by atoms with Gasteiger partial charge in [0.25, 0.3) is 11.5 Å². The van der Waals surface area contributed by atoms with Crippen molar-refractivity contribution in [2.24, 2.45) is 0 Å². The highest BCUT2D eigenvalue weighted by atomic mass is 35.5. The Bertz CT molecular complexity index is 1610. The molecule has 0 bridgehead atoms. The molecule has 0 aliphatic carbocycles. The van der Waals surface area contributed by atoms with Crippen molar-refractivity contribution in [2.45, 2.75) is 16.1 Å². The molecule has 1 fully saturated rings. The molecule has 1 saturated heterocycles. The van der Waals surface area contributed by atoms with Crippen molar-refractivity contribution in [1.29, 1.82) is 0 Å². The van der Waals surface area contributed by atoms with Crippen molar-refractivity contribution in [3.8, 4) is 0 Å². The van der Waals surface area contributed by atoms with Gasteiger partial charge in [-0.3, -0.25) is 24.6 Å². The number of aliphatic hydroxyl groups excluding tert-OH is 1. The molecule has 1 aliphatic heterocycles. The molecule has 13 heteroatoms. The summed E-state index contributed by atoms with van der Waals surface area (Å²) in [6.45, 7) is 0. The number of ketones is 1. The van der Waals surface area contributed by atoms with Crippen LogP contribution in [0.15, 0.2) is 82.7 Å². The molecule has 1 aliphatic rings. The first-order valence-electron chi connectivity index (χ1n) is 11.2. The number of halogens is 2. The van der Waals surface area contributed by atoms with E-state index in [-0.39, 0.29) is 22.0 Å². The number of nitro benzene ring substituents is 1. The molecule has 5 rings (SSSR count). The standard InChI is InChI=1S/C26H16Cl2N4O5S2/c27-17-7-1-14(2-8-17)13-38-26-30-29-25(39-26)31-21(15-5-11-19(12-6-15)32(36)37)20(23(34)24(31)35)22(33)16-3-9-18(28)10-4-16/h1-12,21,33H,13H2/b22-20-. The Morgan fingerprint density at radius 1 is 0.974 bits per heavy atom. The third kappa shape index (κ3) is 5.52. The fourth-order valence-electron chi connectivity index (χ4n) is 3.97. The molecule has 0 radical (unpaired) electrons. The van der Waals surface area contributed by atoms with Gasteiger partial charge in [0.1, 0.15) is 5.76 Å². The number of non-ortho nitro benzene ring substituents is 1. The van der Waals surface area contributed by atoms with E-state index in [9.17, 15) is 24.8 Å². The van der Waals surface area contributed by atoms with Crippen LogP contribution in [0.25, 0.3) is 5.76 Å². The second-order valence-corrected chi connectivity index (χ2v) is 11.3. The number of amides is 1. The number of nitro groups is 1. The Morgan fingerprint density at radius 2 is 1.59 bits per heavy atom. The largest absolute Gasteiger partial charge is 0.507 e. The van der Waals surface area contributed by atoms with Crippen LogP contribution in [0.5, 0.6) is 0 Å². The topological polar surface area (TPSA) is 127 Å². The number of hydrogen-bond acceptors (Lipinski definition) is 9. The average molecular weight is 599 g/mol. The zero-order valence-corrected chi connectivity index (χ0v) is 22.8. The van der Waals surface area contributed by atoms with Crippen LogP contribution in [0, 0.1) is 10.1 Å². The van der Waals surface area contributed by atoms with Crippen molar-refractivity contribution in [3.05, 3.63) is 115 Å². The molecule has 196 valence electrons. The number of aromatic nitrogens is 2. The first-order chi connectivity index (χ1) is 18.7. The van der Waals surface area contributed by atoms with Crippen LogP contribution in [0.3, 0.4) is 0 Å².